The first-order chi connectivity index (χ1) is 18.3. The first-order valence-corrected chi connectivity index (χ1v) is 13.8. The number of benzene rings is 3. The van der Waals surface area contributed by atoms with E-state index < -0.39 is 10.0 Å². The smallest absolute Gasteiger partial charge is 0.243 e. The van der Waals surface area contributed by atoms with Crippen LogP contribution in [0.3, 0.4) is 0 Å². The van der Waals surface area contributed by atoms with E-state index in [0.717, 1.165) is 11.3 Å². The number of hydrogen-bond acceptors (Lipinski definition) is 6. The molecule has 1 aliphatic rings. The van der Waals surface area contributed by atoms with E-state index in [2.05, 4.69) is 4.90 Å². The van der Waals surface area contributed by atoms with Crippen LogP contribution in [-0.4, -0.2) is 77.0 Å². The largest absolute Gasteiger partial charge is 0.493 e. The van der Waals surface area contributed by atoms with Crippen molar-refractivity contribution >= 4 is 21.6 Å². The van der Waals surface area contributed by atoms with Gasteiger partial charge >= 0.3 is 0 Å². The summed E-state index contributed by atoms with van der Waals surface area (Å²) in [6.45, 7) is 1.90. The van der Waals surface area contributed by atoms with E-state index in [4.69, 9.17) is 9.47 Å². The summed E-state index contributed by atoms with van der Waals surface area (Å²) in [5, 5.41) is 0. The first-order valence-electron chi connectivity index (χ1n) is 12.4. The SMILES string of the molecule is COc1ccc(S(=O)(=O)N(CCc2ccccc2)CC(=O)N2CCN(c3ccc(F)cc3)CC2)cc1OC. The Morgan fingerprint density at radius 3 is 2.18 bits per heavy atom. The Morgan fingerprint density at radius 1 is 0.895 bits per heavy atom. The molecule has 0 aliphatic carbocycles. The van der Waals surface area contributed by atoms with Gasteiger partial charge in [0.15, 0.2) is 11.5 Å². The number of piperazine rings is 1. The molecule has 8 nitrogen and oxygen atoms in total. The van der Waals surface area contributed by atoms with Crippen molar-refractivity contribution < 1.29 is 27.1 Å². The number of rotatable bonds is 10. The summed E-state index contributed by atoms with van der Waals surface area (Å²) >= 11 is 0. The summed E-state index contributed by atoms with van der Waals surface area (Å²) in [7, 11) is -1.10. The lowest BCUT2D eigenvalue weighted by atomic mass is 10.1. The molecule has 0 spiro atoms. The molecule has 1 fully saturated rings. The van der Waals surface area contributed by atoms with Gasteiger partial charge in [0.2, 0.25) is 15.9 Å². The average molecular weight is 542 g/mol. The maximum Gasteiger partial charge on any atom is 0.243 e. The van der Waals surface area contributed by atoms with Gasteiger partial charge in [0.25, 0.3) is 0 Å². The lowest BCUT2D eigenvalue weighted by Crippen LogP contribution is -2.52. The van der Waals surface area contributed by atoms with Gasteiger partial charge in [0, 0.05) is 44.5 Å². The number of sulfonamides is 1. The monoisotopic (exact) mass is 541 g/mol. The molecule has 4 rings (SSSR count). The highest BCUT2D eigenvalue weighted by Gasteiger charge is 2.30. The molecule has 1 heterocycles. The van der Waals surface area contributed by atoms with Gasteiger partial charge in [0.1, 0.15) is 5.82 Å². The van der Waals surface area contributed by atoms with Gasteiger partial charge in [-0.15, -0.1) is 0 Å². The van der Waals surface area contributed by atoms with Gasteiger partial charge in [-0.1, -0.05) is 30.3 Å². The Kier molecular flexibility index (Phi) is 8.85. The highest BCUT2D eigenvalue weighted by molar-refractivity contribution is 7.89. The maximum absolute atomic E-state index is 13.7. The van der Waals surface area contributed by atoms with Crippen molar-refractivity contribution in [1.82, 2.24) is 9.21 Å². The van der Waals surface area contributed by atoms with Crippen LogP contribution in [0.5, 0.6) is 11.5 Å². The lowest BCUT2D eigenvalue weighted by Gasteiger charge is -2.37. The number of hydrogen-bond donors (Lipinski definition) is 0. The molecule has 0 bridgehead atoms. The minimum absolute atomic E-state index is 0.0251. The quantitative estimate of drug-likeness (QED) is 0.392. The van der Waals surface area contributed by atoms with Gasteiger partial charge in [-0.25, -0.2) is 12.8 Å². The molecule has 202 valence electrons. The number of nitrogens with zero attached hydrogens (tertiary/aromatic N) is 3. The number of methoxy groups -OCH3 is 2. The molecule has 1 saturated heterocycles. The van der Waals surface area contributed by atoms with Crippen LogP contribution < -0.4 is 14.4 Å². The van der Waals surface area contributed by atoms with Crippen molar-refractivity contribution in [1.29, 1.82) is 0 Å². The molecule has 10 heteroatoms. The molecule has 0 atom stereocenters. The molecule has 38 heavy (non-hydrogen) atoms. The highest BCUT2D eigenvalue weighted by atomic mass is 32.2. The molecule has 0 aromatic heterocycles. The van der Waals surface area contributed by atoms with Crippen LogP contribution in [0, 0.1) is 5.82 Å². The lowest BCUT2D eigenvalue weighted by molar-refractivity contribution is -0.131. The van der Waals surface area contributed by atoms with Crippen LogP contribution in [0.2, 0.25) is 0 Å². The fraction of sp³-hybridized carbons (Fsp3) is 0.321. The molecule has 0 radical (unpaired) electrons. The second-order valence-electron chi connectivity index (χ2n) is 8.94. The molecule has 1 aliphatic heterocycles. The van der Waals surface area contributed by atoms with Gasteiger partial charge in [-0.05, 0) is 48.4 Å². The highest BCUT2D eigenvalue weighted by Crippen LogP contribution is 2.31. The van der Waals surface area contributed by atoms with Crippen molar-refractivity contribution in [2.75, 3.05) is 58.4 Å². The first kappa shape index (κ1) is 27.4. The van der Waals surface area contributed by atoms with E-state index in [0.29, 0.717) is 44.1 Å². The second-order valence-corrected chi connectivity index (χ2v) is 10.9. The molecule has 3 aromatic rings. The zero-order valence-corrected chi connectivity index (χ0v) is 22.4. The summed E-state index contributed by atoms with van der Waals surface area (Å²) in [6.07, 6.45) is 0.457. The fourth-order valence-electron chi connectivity index (χ4n) is 4.43. The van der Waals surface area contributed by atoms with E-state index in [-0.39, 0.29) is 29.7 Å². The van der Waals surface area contributed by atoms with E-state index in [9.17, 15) is 17.6 Å². The minimum Gasteiger partial charge on any atom is -0.493 e. The van der Waals surface area contributed by atoms with Crippen molar-refractivity contribution in [3.8, 4) is 11.5 Å². The zero-order valence-electron chi connectivity index (χ0n) is 21.5. The number of halogens is 1. The summed E-state index contributed by atoms with van der Waals surface area (Å²) in [5.41, 5.74) is 1.86. The number of carbonyl (C=O) groups excluding carboxylic acids is 1. The Labute approximate surface area is 223 Å². The summed E-state index contributed by atoms with van der Waals surface area (Å²) in [5.74, 6) is 0.145. The van der Waals surface area contributed by atoms with E-state index in [1.165, 1.54) is 48.9 Å². The zero-order chi connectivity index (χ0) is 27.1. The van der Waals surface area contributed by atoms with Gasteiger partial charge < -0.3 is 19.3 Å². The summed E-state index contributed by atoms with van der Waals surface area (Å²) in [4.78, 5) is 17.1. The van der Waals surface area contributed by atoms with Crippen molar-refractivity contribution in [3.05, 3.63) is 84.2 Å². The van der Waals surface area contributed by atoms with Crippen LogP contribution in [0.15, 0.2) is 77.7 Å². The molecule has 0 N–H and O–H groups in total. The third kappa shape index (κ3) is 6.43. The molecule has 3 aromatic carbocycles. The van der Waals surface area contributed by atoms with Gasteiger partial charge in [-0.3, -0.25) is 4.79 Å². The van der Waals surface area contributed by atoms with Crippen LogP contribution >= 0.6 is 0 Å². The topological polar surface area (TPSA) is 79.4 Å². The minimum atomic E-state index is -4.02. The number of anilines is 1. The third-order valence-corrected chi connectivity index (χ3v) is 8.46. The van der Waals surface area contributed by atoms with Crippen LogP contribution in [-0.2, 0) is 21.2 Å². The normalized spacial score (nSPS) is 14.0. The Bertz CT molecular complexity index is 1330. The molecule has 1 amide bonds. The van der Waals surface area contributed by atoms with E-state index in [1.54, 1.807) is 17.0 Å². The van der Waals surface area contributed by atoms with Crippen LogP contribution in [0.4, 0.5) is 10.1 Å². The fourth-order valence-corrected chi connectivity index (χ4v) is 5.83. The van der Waals surface area contributed by atoms with Gasteiger partial charge in [0.05, 0.1) is 25.7 Å². The van der Waals surface area contributed by atoms with Crippen LogP contribution in [0.25, 0.3) is 0 Å². The molecular weight excluding hydrogens is 509 g/mol. The Hall–Kier alpha value is -3.63. The van der Waals surface area contributed by atoms with Crippen LogP contribution in [0.1, 0.15) is 5.56 Å². The Morgan fingerprint density at radius 2 is 1.55 bits per heavy atom. The Balaban J connectivity index is 1.50. The van der Waals surface area contributed by atoms with Crippen molar-refractivity contribution in [2.45, 2.75) is 11.3 Å². The summed E-state index contributed by atoms with van der Waals surface area (Å²) in [6, 6.07) is 20.2. The maximum atomic E-state index is 13.7. The van der Waals surface area contributed by atoms with E-state index in [1.807, 2.05) is 30.3 Å². The average Bonchev–Trinajstić information content (AvgIpc) is 2.95. The molecular formula is C28H32FN3O5S. The summed E-state index contributed by atoms with van der Waals surface area (Å²) < 4.78 is 52.5. The second kappa shape index (κ2) is 12.3. The van der Waals surface area contributed by atoms with Gasteiger partial charge in [-0.2, -0.15) is 4.31 Å². The number of ether oxygens (including phenoxy) is 2. The predicted molar refractivity (Wildman–Crippen MR) is 144 cm³/mol. The number of carbonyl (C=O) groups is 1. The number of amides is 1. The van der Waals surface area contributed by atoms with E-state index >= 15 is 0 Å². The third-order valence-electron chi connectivity index (χ3n) is 6.62. The molecule has 0 unspecified atom stereocenters. The van der Waals surface area contributed by atoms with Crippen molar-refractivity contribution in [3.63, 3.8) is 0 Å². The molecule has 0 saturated carbocycles. The predicted octanol–water partition coefficient (Wildman–Crippen LogP) is 3.43. The van der Waals surface area contributed by atoms with Crippen molar-refractivity contribution in [2.24, 2.45) is 0 Å². The standard InChI is InChI=1S/C28H32FN3O5S/c1-36-26-13-12-25(20-27(26)37-2)38(34,35)32(15-14-22-6-4-3-5-7-22)21-28(33)31-18-16-30(17-19-31)24-10-8-23(29)9-11-24/h3-13,20H,14-19,21H2,1-2H3.